The van der Waals surface area contributed by atoms with Crippen LogP contribution in [0.15, 0.2) is 91.0 Å². The number of benzene rings is 3. The number of hydrogen-bond donors (Lipinski definition) is 9. The Labute approximate surface area is 289 Å². The van der Waals surface area contributed by atoms with E-state index in [1.807, 2.05) is 0 Å². The van der Waals surface area contributed by atoms with Gasteiger partial charge in [0.15, 0.2) is 11.7 Å². The number of ether oxygens (including phenoxy) is 3. The molecule has 0 amide bonds. The van der Waals surface area contributed by atoms with Crippen molar-refractivity contribution >= 4 is 42.4 Å². The Kier molecular flexibility index (Phi) is 13.7. The predicted molar refractivity (Wildman–Crippen MR) is 173 cm³/mol. The zero-order valence-electron chi connectivity index (χ0n) is 26.3. The van der Waals surface area contributed by atoms with Gasteiger partial charge in [-0.15, -0.1) is 0 Å². The van der Waals surface area contributed by atoms with E-state index >= 15 is 0 Å². The zero-order chi connectivity index (χ0) is 35.8. The molecule has 2 aliphatic heterocycles. The molecule has 5 rings (SSSR count). The molecule has 49 heavy (non-hydrogen) atoms. The van der Waals surface area contributed by atoms with E-state index in [0.29, 0.717) is 0 Å². The third kappa shape index (κ3) is 8.16. The minimum atomic E-state index is -3.02. The number of rotatable bonds is 11. The summed E-state index contributed by atoms with van der Waals surface area (Å²) in [6.45, 7) is -3.16. The quantitative estimate of drug-likeness (QED) is 0.0680. The number of aliphatic hydroxyl groups excluding tert-OH is 8. The summed E-state index contributed by atoms with van der Waals surface area (Å²) in [6, 6.07) is 32.9. The van der Waals surface area contributed by atoms with Crippen molar-refractivity contribution in [1.29, 1.82) is 0 Å². The Balaban J connectivity index is 0.000000242. The molecular formula is C34H41O14Sn. The van der Waals surface area contributed by atoms with Crippen molar-refractivity contribution in [3.05, 3.63) is 91.0 Å². The first-order valence-corrected chi connectivity index (χ1v) is 19.8. The first kappa shape index (κ1) is 38.8. The van der Waals surface area contributed by atoms with Crippen LogP contribution in [0.25, 0.3) is 0 Å². The second kappa shape index (κ2) is 17.3. The van der Waals surface area contributed by atoms with E-state index in [1.54, 1.807) is 0 Å². The molecule has 0 saturated carbocycles. The van der Waals surface area contributed by atoms with Crippen molar-refractivity contribution in [1.82, 2.24) is 0 Å². The SMILES string of the molecule is O=C(O)CCC(=O)O[C@@]1([C@@]2(CO)O[C@H](CO)[C@@H](O)[C@@H]2O)O[C@H](CO)[C@@H](O)[C@H](O)[C@H]1O.c1cc[c]([Sn]([c]2ccccc2)[c]2ccccc2)cc1. The summed E-state index contributed by atoms with van der Waals surface area (Å²) in [4.78, 5) is 23.0. The summed E-state index contributed by atoms with van der Waals surface area (Å²) < 4.78 is 20.4. The van der Waals surface area contributed by atoms with Crippen molar-refractivity contribution in [3.63, 3.8) is 0 Å². The normalized spacial score (nSPS) is 31.1. The molecule has 1 radical (unpaired) electrons. The second-order valence-corrected chi connectivity index (χ2v) is 18.7. The third-order valence-electron chi connectivity index (χ3n) is 8.49. The minimum absolute atomic E-state index is 0.711. The molecule has 2 fully saturated rings. The average Bonchev–Trinajstić information content (AvgIpc) is 3.39. The van der Waals surface area contributed by atoms with Crippen LogP contribution in [0.5, 0.6) is 0 Å². The fourth-order valence-corrected chi connectivity index (χ4v) is 13.3. The molecule has 3 aromatic carbocycles. The number of carbonyl (C=O) groups is 2. The van der Waals surface area contributed by atoms with E-state index in [0.717, 1.165) is 0 Å². The molecule has 2 saturated heterocycles. The first-order chi connectivity index (χ1) is 23.5. The molecular weight excluding hydrogens is 751 g/mol. The van der Waals surface area contributed by atoms with E-state index in [2.05, 4.69) is 91.0 Å². The molecule has 9 N–H and O–H groups in total. The van der Waals surface area contributed by atoms with Gasteiger partial charge in [-0.1, -0.05) is 0 Å². The Morgan fingerprint density at radius 2 is 1.08 bits per heavy atom. The summed E-state index contributed by atoms with van der Waals surface area (Å²) >= 11 is -1.98. The summed E-state index contributed by atoms with van der Waals surface area (Å²) in [5.74, 6) is -5.73. The van der Waals surface area contributed by atoms with Gasteiger partial charge in [0.25, 0.3) is 5.79 Å². The van der Waals surface area contributed by atoms with E-state index in [9.17, 15) is 50.4 Å². The molecule has 3 aromatic rings. The van der Waals surface area contributed by atoms with E-state index in [1.165, 1.54) is 10.7 Å². The van der Waals surface area contributed by atoms with E-state index < -0.39 is 118 Å². The van der Waals surface area contributed by atoms with Gasteiger partial charge in [-0.25, -0.2) is 0 Å². The number of aliphatic carboxylic acids is 1. The zero-order valence-corrected chi connectivity index (χ0v) is 29.2. The predicted octanol–water partition coefficient (Wildman–Crippen LogP) is -3.39. The van der Waals surface area contributed by atoms with Gasteiger partial charge in [-0.05, 0) is 0 Å². The standard InChI is InChI=1S/C16H26O14.3C6H5.Sn/c17-3-6-10(23)12(25)14(27)16(29-6,30-9(22)2-1-8(20)21)15(5-19)13(26)11(24)7(4-18)28-15;3*1-2-4-6-5-3-1;/h6-7,10-14,17-19,23-27H,1-5H2,(H,20,21);3*1-5H;/t6-,7-,10-,11-,12+,13+,14-,15+,16+;;;;/m1..../s1. The van der Waals surface area contributed by atoms with Crippen molar-refractivity contribution in [2.45, 2.75) is 67.0 Å². The van der Waals surface area contributed by atoms with Crippen molar-refractivity contribution < 1.29 is 69.8 Å². The van der Waals surface area contributed by atoms with Gasteiger partial charge in [0, 0.05) is 0 Å². The molecule has 9 atom stereocenters. The van der Waals surface area contributed by atoms with Crippen LogP contribution >= 0.6 is 0 Å². The Morgan fingerprint density at radius 3 is 1.47 bits per heavy atom. The fourth-order valence-electron chi connectivity index (χ4n) is 5.97. The van der Waals surface area contributed by atoms with Gasteiger partial charge >= 0.3 is 133 Å². The molecule has 0 unspecified atom stereocenters. The number of aliphatic hydroxyl groups is 8. The summed E-state index contributed by atoms with van der Waals surface area (Å²) in [7, 11) is 0. The van der Waals surface area contributed by atoms with Gasteiger partial charge in [0.2, 0.25) is 0 Å². The van der Waals surface area contributed by atoms with Crippen molar-refractivity contribution in [2.75, 3.05) is 19.8 Å². The van der Waals surface area contributed by atoms with Gasteiger partial charge in [-0.2, -0.15) is 0 Å². The Morgan fingerprint density at radius 1 is 0.633 bits per heavy atom. The number of carboxylic acids is 1. The molecule has 0 aromatic heterocycles. The van der Waals surface area contributed by atoms with Crippen LogP contribution in [0, 0.1) is 0 Å². The van der Waals surface area contributed by atoms with Crippen LogP contribution in [0.4, 0.5) is 0 Å². The maximum absolute atomic E-state index is 12.3. The van der Waals surface area contributed by atoms with Gasteiger partial charge in [-0.3, -0.25) is 9.59 Å². The molecule has 2 heterocycles. The number of hydrogen-bond acceptors (Lipinski definition) is 13. The molecule has 0 aliphatic carbocycles. The van der Waals surface area contributed by atoms with Crippen LogP contribution in [-0.2, 0) is 23.8 Å². The molecule has 0 spiro atoms. The fraction of sp³-hybridized carbons (Fsp3) is 0.412. The molecule has 0 bridgehead atoms. The monoisotopic (exact) mass is 793 g/mol. The van der Waals surface area contributed by atoms with Crippen molar-refractivity contribution in [2.24, 2.45) is 0 Å². The topological polar surface area (TPSA) is 244 Å². The third-order valence-corrected chi connectivity index (χ3v) is 16.3. The Hall–Kier alpha value is -3.00. The summed E-state index contributed by atoms with van der Waals surface area (Å²) in [5, 5.41) is 89.2. The van der Waals surface area contributed by atoms with Crippen LogP contribution in [0.2, 0.25) is 0 Å². The number of carbonyl (C=O) groups excluding carboxylic acids is 1. The molecule has 14 nitrogen and oxygen atoms in total. The molecule has 265 valence electrons. The van der Waals surface area contributed by atoms with E-state index in [4.69, 9.17) is 19.3 Å². The molecule has 15 heteroatoms. The van der Waals surface area contributed by atoms with Crippen LogP contribution in [-0.4, -0.2) is 152 Å². The molecule has 2 aliphatic rings. The maximum atomic E-state index is 12.3. The number of esters is 1. The van der Waals surface area contributed by atoms with Crippen molar-refractivity contribution in [3.8, 4) is 0 Å². The Bertz CT molecular complexity index is 1390. The second-order valence-electron chi connectivity index (χ2n) is 11.6. The number of carboxylic acid groups (broad SMARTS) is 1. The van der Waals surface area contributed by atoms with Gasteiger partial charge < -0.3 is 60.2 Å². The average molecular weight is 792 g/mol. The summed E-state index contributed by atoms with van der Waals surface area (Å²) in [6.07, 6.45) is -15.2. The first-order valence-electron chi connectivity index (χ1n) is 15.5. The van der Waals surface area contributed by atoms with Gasteiger partial charge in [0.05, 0.1) is 32.7 Å². The summed E-state index contributed by atoms with van der Waals surface area (Å²) in [5.41, 5.74) is -2.70. The van der Waals surface area contributed by atoms with Crippen LogP contribution < -0.4 is 10.7 Å². The van der Waals surface area contributed by atoms with Crippen LogP contribution in [0.3, 0.4) is 0 Å². The van der Waals surface area contributed by atoms with Crippen LogP contribution in [0.1, 0.15) is 12.8 Å². The van der Waals surface area contributed by atoms with E-state index in [-0.39, 0.29) is 0 Å². The van der Waals surface area contributed by atoms with Gasteiger partial charge in [0.1, 0.15) is 36.6 Å².